The van der Waals surface area contributed by atoms with Gasteiger partial charge in [0.25, 0.3) is 0 Å². The van der Waals surface area contributed by atoms with E-state index in [2.05, 4.69) is 5.32 Å². The highest BCUT2D eigenvalue weighted by Gasteiger charge is 2.23. The number of nitrogens with two attached hydrogens (primary N) is 1. The third kappa shape index (κ3) is 2.48. The third-order valence-corrected chi connectivity index (χ3v) is 2.49. The van der Waals surface area contributed by atoms with Crippen LogP contribution >= 0.6 is 0 Å². The van der Waals surface area contributed by atoms with Gasteiger partial charge in [0.15, 0.2) is 0 Å². The molecule has 3 nitrogen and oxygen atoms in total. The maximum absolute atomic E-state index is 11.4. The van der Waals surface area contributed by atoms with Crippen LogP contribution in [0.3, 0.4) is 0 Å². The van der Waals surface area contributed by atoms with Crippen molar-refractivity contribution in [1.29, 1.82) is 0 Å². The van der Waals surface area contributed by atoms with Gasteiger partial charge in [-0.3, -0.25) is 4.79 Å². The summed E-state index contributed by atoms with van der Waals surface area (Å²) in [6.45, 7) is 2.69. The van der Waals surface area contributed by atoms with Crippen molar-refractivity contribution in [2.75, 3.05) is 6.54 Å². The summed E-state index contributed by atoms with van der Waals surface area (Å²) in [4.78, 5) is 11.4. The van der Waals surface area contributed by atoms with Crippen LogP contribution in [-0.4, -0.2) is 18.5 Å². The first kappa shape index (κ1) is 9.52. The quantitative estimate of drug-likeness (QED) is 0.639. The second kappa shape index (κ2) is 4.45. The molecule has 0 aromatic carbocycles. The van der Waals surface area contributed by atoms with Gasteiger partial charge >= 0.3 is 0 Å². The molecule has 12 heavy (non-hydrogen) atoms. The largest absolute Gasteiger partial charge is 0.356 e. The average molecular weight is 170 g/mol. The highest BCUT2D eigenvalue weighted by atomic mass is 16.1. The Morgan fingerprint density at radius 3 is 2.50 bits per heavy atom. The van der Waals surface area contributed by atoms with Gasteiger partial charge in [0.05, 0.1) is 0 Å². The summed E-state index contributed by atoms with van der Waals surface area (Å²) in [5.41, 5.74) is 5.74. The van der Waals surface area contributed by atoms with Crippen LogP contribution in [0, 0.1) is 5.92 Å². The summed E-state index contributed by atoms with van der Waals surface area (Å²) < 4.78 is 0. The molecule has 0 aliphatic heterocycles. The Morgan fingerprint density at radius 1 is 1.42 bits per heavy atom. The summed E-state index contributed by atoms with van der Waals surface area (Å²) in [6.07, 6.45) is 3.93. The number of carbonyl (C=O) groups excluding carboxylic acids is 1. The minimum absolute atomic E-state index is 0.212. The zero-order valence-electron chi connectivity index (χ0n) is 7.68. The zero-order chi connectivity index (χ0) is 8.97. The Bertz CT molecular complexity index is 151. The molecule has 1 rings (SSSR count). The topological polar surface area (TPSA) is 55.1 Å². The molecule has 1 aliphatic carbocycles. The van der Waals surface area contributed by atoms with Gasteiger partial charge < -0.3 is 11.1 Å². The molecule has 0 unspecified atom stereocenters. The zero-order valence-corrected chi connectivity index (χ0v) is 7.68. The summed E-state index contributed by atoms with van der Waals surface area (Å²) in [7, 11) is 0. The molecule has 1 fully saturated rings. The van der Waals surface area contributed by atoms with Crippen LogP contribution < -0.4 is 11.1 Å². The van der Waals surface area contributed by atoms with E-state index in [4.69, 9.17) is 5.73 Å². The lowest BCUT2D eigenvalue weighted by Crippen LogP contribution is -2.36. The Hall–Kier alpha value is -0.570. The van der Waals surface area contributed by atoms with E-state index in [1.165, 1.54) is 0 Å². The van der Waals surface area contributed by atoms with Crippen molar-refractivity contribution >= 4 is 5.91 Å². The van der Waals surface area contributed by atoms with E-state index in [0.29, 0.717) is 6.04 Å². The molecule has 0 aromatic heterocycles. The first-order valence-electron chi connectivity index (χ1n) is 4.77. The van der Waals surface area contributed by atoms with Gasteiger partial charge in [0, 0.05) is 18.5 Å². The molecule has 1 saturated carbocycles. The van der Waals surface area contributed by atoms with Crippen molar-refractivity contribution in [1.82, 2.24) is 5.32 Å². The van der Waals surface area contributed by atoms with Crippen molar-refractivity contribution in [2.24, 2.45) is 11.7 Å². The molecule has 0 saturated heterocycles. The molecule has 0 radical (unpaired) electrons. The first-order chi connectivity index (χ1) is 5.74. The molecule has 0 atom stereocenters. The van der Waals surface area contributed by atoms with Crippen LogP contribution in [0.4, 0.5) is 0 Å². The molecule has 1 aliphatic rings. The van der Waals surface area contributed by atoms with Crippen molar-refractivity contribution < 1.29 is 4.79 Å². The number of amides is 1. The number of nitrogens with one attached hydrogen (secondary N) is 1. The lowest BCUT2D eigenvalue weighted by molar-refractivity contribution is -0.125. The highest BCUT2D eigenvalue weighted by molar-refractivity contribution is 5.78. The van der Waals surface area contributed by atoms with Gasteiger partial charge in [0.2, 0.25) is 5.91 Å². The number of hydrogen-bond acceptors (Lipinski definition) is 2. The predicted octanol–water partition coefficient (Wildman–Crippen LogP) is 0.640. The standard InChI is InChI=1S/C9H18N2O/c1-2-11-9(12)7-3-5-8(10)6-4-7/h7-8H,2-6,10H2,1H3,(H,11,12). The van der Waals surface area contributed by atoms with Crippen LogP contribution in [-0.2, 0) is 4.79 Å². The van der Waals surface area contributed by atoms with E-state index in [1.807, 2.05) is 6.92 Å². The Balaban J connectivity index is 2.29. The molecule has 0 heterocycles. The summed E-state index contributed by atoms with van der Waals surface area (Å²) >= 11 is 0. The Labute approximate surface area is 73.7 Å². The normalized spacial score (nSPS) is 29.8. The Morgan fingerprint density at radius 2 is 2.00 bits per heavy atom. The minimum atomic E-state index is 0.212. The molecule has 3 N–H and O–H groups in total. The van der Waals surface area contributed by atoms with Crippen LogP contribution in [0.1, 0.15) is 32.6 Å². The molecule has 0 bridgehead atoms. The maximum atomic E-state index is 11.4. The SMILES string of the molecule is CCNC(=O)C1CCC(N)CC1. The monoisotopic (exact) mass is 170 g/mol. The number of rotatable bonds is 2. The molecule has 1 amide bonds. The van der Waals surface area contributed by atoms with E-state index in [-0.39, 0.29) is 11.8 Å². The van der Waals surface area contributed by atoms with Gasteiger partial charge in [-0.2, -0.15) is 0 Å². The fraction of sp³-hybridized carbons (Fsp3) is 0.889. The first-order valence-corrected chi connectivity index (χ1v) is 4.77. The second-order valence-corrected chi connectivity index (χ2v) is 3.51. The second-order valence-electron chi connectivity index (χ2n) is 3.51. The fourth-order valence-corrected chi connectivity index (χ4v) is 1.70. The van der Waals surface area contributed by atoms with Gasteiger partial charge in [0.1, 0.15) is 0 Å². The van der Waals surface area contributed by atoms with Crippen LogP contribution in [0.5, 0.6) is 0 Å². The molecule has 70 valence electrons. The van der Waals surface area contributed by atoms with Crippen molar-refractivity contribution in [2.45, 2.75) is 38.6 Å². The van der Waals surface area contributed by atoms with Crippen LogP contribution in [0.25, 0.3) is 0 Å². The smallest absolute Gasteiger partial charge is 0.223 e. The lowest BCUT2D eigenvalue weighted by Gasteiger charge is -2.24. The summed E-state index contributed by atoms with van der Waals surface area (Å²) in [6, 6.07) is 0.329. The molecular formula is C9H18N2O. The molecular weight excluding hydrogens is 152 g/mol. The lowest BCUT2D eigenvalue weighted by atomic mass is 9.86. The van der Waals surface area contributed by atoms with Gasteiger partial charge in [-0.25, -0.2) is 0 Å². The van der Waals surface area contributed by atoms with Gasteiger partial charge in [-0.1, -0.05) is 0 Å². The van der Waals surface area contributed by atoms with E-state index in [0.717, 1.165) is 32.2 Å². The summed E-state index contributed by atoms with van der Waals surface area (Å²) in [5, 5.41) is 2.85. The van der Waals surface area contributed by atoms with E-state index < -0.39 is 0 Å². The fourth-order valence-electron chi connectivity index (χ4n) is 1.70. The molecule has 0 aromatic rings. The number of carbonyl (C=O) groups is 1. The molecule has 3 heteroatoms. The van der Waals surface area contributed by atoms with E-state index in [1.54, 1.807) is 0 Å². The third-order valence-electron chi connectivity index (χ3n) is 2.49. The van der Waals surface area contributed by atoms with Crippen molar-refractivity contribution in [3.05, 3.63) is 0 Å². The maximum Gasteiger partial charge on any atom is 0.223 e. The van der Waals surface area contributed by atoms with E-state index >= 15 is 0 Å². The Kier molecular flexibility index (Phi) is 3.53. The number of hydrogen-bond donors (Lipinski definition) is 2. The van der Waals surface area contributed by atoms with Crippen molar-refractivity contribution in [3.8, 4) is 0 Å². The highest BCUT2D eigenvalue weighted by Crippen LogP contribution is 2.22. The molecule has 0 spiro atoms. The van der Waals surface area contributed by atoms with E-state index in [9.17, 15) is 4.79 Å². The van der Waals surface area contributed by atoms with Crippen LogP contribution in [0.15, 0.2) is 0 Å². The summed E-state index contributed by atoms with van der Waals surface area (Å²) in [5.74, 6) is 0.439. The van der Waals surface area contributed by atoms with Gasteiger partial charge in [-0.05, 0) is 32.6 Å². The minimum Gasteiger partial charge on any atom is -0.356 e. The predicted molar refractivity (Wildman–Crippen MR) is 48.6 cm³/mol. The van der Waals surface area contributed by atoms with Crippen molar-refractivity contribution in [3.63, 3.8) is 0 Å². The average Bonchev–Trinajstić information content (AvgIpc) is 2.06. The van der Waals surface area contributed by atoms with Crippen LogP contribution in [0.2, 0.25) is 0 Å². The van der Waals surface area contributed by atoms with Gasteiger partial charge in [-0.15, -0.1) is 0 Å².